The van der Waals surface area contributed by atoms with Gasteiger partial charge in [-0.3, -0.25) is 4.79 Å². The van der Waals surface area contributed by atoms with Crippen LogP contribution in [0.15, 0.2) is 12.1 Å². The van der Waals surface area contributed by atoms with Gasteiger partial charge in [0.25, 0.3) is 0 Å². The van der Waals surface area contributed by atoms with E-state index in [0.717, 1.165) is 0 Å². The SMILES string of the molecule is CCC(C)(N)C(=O)Nc1cc(Cl)c(F)c(Cl)c1. The summed E-state index contributed by atoms with van der Waals surface area (Å²) in [6.45, 7) is 3.40. The van der Waals surface area contributed by atoms with Crippen LogP contribution in [-0.4, -0.2) is 11.4 Å². The predicted octanol–water partition coefficient (Wildman–Crippen LogP) is 3.20. The van der Waals surface area contributed by atoms with Gasteiger partial charge < -0.3 is 11.1 Å². The van der Waals surface area contributed by atoms with Crippen LogP contribution in [0.25, 0.3) is 0 Å². The number of hydrogen-bond donors (Lipinski definition) is 2. The molecule has 0 aliphatic carbocycles. The quantitative estimate of drug-likeness (QED) is 0.835. The average molecular weight is 279 g/mol. The minimum atomic E-state index is -0.993. The Balaban J connectivity index is 2.94. The van der Waals surface area contributed by atoms with Gasteiger partial charge >= 0.3 is 0 Å². The van der Waals surface area contributed by atoms with E-state index in [1.54, 1.807) is 13.8 Å². The summed E-state index contributed by atoms with van der Waals surface area (Å²) < 4.78 is 13.1. The number of carbonyl (C=O) groups excluding carboxylic acids is 1. The molecule has 1 aromatic carbocycles. The van der Waals surface area contributed by atoms with E-state index >= 15 is 0 Å². The maximum Gasteiger partial charge on any atom is 0.244 e. The first-order valence-electron chi connectivity index (χ1n) is 5.03. The summed E-state index contributed by atoms with van der Waals surface area (Å²) in [7, 11) is 0. The van der Waals surface area contributed by atoms with Crippen molar-refractivity contribution >= 4 is 34.8 Å². The number of rotatable bonds is 3. The lowest BCUT2D eigenvalue weighted by atomic mass is 9.99. The maximum atomic E-state index is 13.1. The Morgan fingerprint density at radius 2 is 1.94 bits per heavy atom. The predicted molar refractivity (Wildman–Crippen MR) is 67.9 cm³/mol. The van der Waals surface area contributed by atoms with Crippen molar-refractivity contribution in [2.45, 2.75) is 25.8 Å². The van der Waals surface area contributed by atoms with E-state index < -0.39 is 11.4 Å². The third kappa shape index (κ3) is 3.31. The lowest BCUT2D eigenvalue weighted by Gasteiger charge is -2.21. The molecule has 1 aromatic rings. The Morgan fingerprint density at radius 1 is 1.47 bits per heavy atom. The van der Waals surface area contributed by atoms with Crippen molar-refractivity contribution in [3.63, 3.8) is 0 Å². The summed E-state index contributed by atoms with van der Waals surface area (Å²) in [5, 5.41) is 2.24. The fraction of sp³-hybridized carbons (Fsp3) is 0.364. The molecule has 0 aliphatic rings. The number of anilines is 1. The molecule has 0 heterocycles. The van der Waals surface area contributed by atoms with Gasteiger partial charge in [-0.1, -0.05) is 30.1 Å². The van der Waals surface area contributed by atoms with Gasteiger partial charge in [0, 0.05) is 5.69 Å². The molecule has 0 spiro atoms. The molecule has 1 unspecified atom stereocenters. The monoisotopic (exact) mass is 278 g/mol. The molecule has 3 nitrogen and oxygen atoms in total. The van der Waals surface area contributed by atoms with Crippen molar-refractivity contribution in [1.29, 1.82) is 0 Å². The van der Waals surface area contributed by atoms with Crippen LogP contribution in [0.1, 0.15) is 20.3 Å². The second kappa shape index (κ2) is 5.21. The Labute approximate surface area is 109 Å². The van der Waals surface area contributed by atoms with Crippen LogP contribution in [0.5, 0.6) is 0 Å². The van der Waals surface area contributed by atoms with Crippen molar-refractivity contribution in [2.24, 2.45) is 5.73 Å². The van der Waals surface area contributed by atoms with E-state index in [1.807, 2.05) is 0 Å². The largest absolute Gasteiger partial charge is 0.324 e. The Morgan fingerprint density at radius 3 is 2.35 bits per heavy atom. The van der Waals surface area contributed by atoms with Gasteiger partial charge in [0.2, 0.25) is 5.91 Å². The Bertz CT molecular complexity index is 426. The molecule has 1 rings (SSSR count). The molecule has 3 N–H and O–H groups in total. The second-order valence-corrected chi connectivity index (χ2v) is 4.79. The first-order chi connectivity index (χ1) is 7.77. The minimum Gasteiger partial charge on any atom is -0.324 e. The van der Waals surface area contributed by atoms with Crippen LogP contribution in [-0.2, 0) is 4.79 Å². The van der Waals surface area contributed by atoms with Crippen molar-refractivity contribution < 1.29 is 9.18 Å². The van der Waals surface area contributed by atoms with Crippen molar-refractivity contribution in [3.8, 4) is 0 Å². The third-order valence-corrected chi connectivity index (χ3v) is 3.04. The van der Waals surface area contributed by atoms with Gasteiger partial charge in [0.15, 0.2) is 5.82 Å². The van der Waals surface area contributed by atoms with Crippen LogP contribution in [0.2, 0.25) is 10.0 Å². The van der Waals surface area contributed by atoms with E-state index in [4.69, 9.17) is 28.9 Å². The zero-order valence-electron chi connectivity index (χ0n) is 9.48. The van der Waals surface area contributed by atoms with Gasteiger partial charge in [-0.15, -0.1) is 0 Å². The molecule has 0 bridgehead atoms. The summed E-state index contributed by atoms with van der Waals surface area (Å²) >= 11 is 11.2. The van der Waals surface area contributed by atoms with Crippen LogP contribution < -0.4 is 11.1 Å². The van der Waals surface area contributed by atoms with Crippen LogP contribution in [0.3, 0.4) is 0 Å². The van der Waals surface area contributed by atoms with Gasteiger partial charge in [0.05, 0.1) is 15.6 Å². The highest BCUT2D eigenvalue weighted by molar-refractivity contribution is 6.35. The van der Waals surface area contributed by atoms with Crippen LogP contribution in [0.4, 0.5) is 10.1 Å². The molecule has 17 heavy (non-hydrogen) atoms. The molecular weight excluding hydrogens is 266 g/mol. The second-order valence-electron chi connectivity index (χ2n) is 3.98. The summed E-state index contributed by atoms with van der Waals surface area (Å²) in [4.78, 5) is 11.8. The van der Waals surface area contributed by atoms with Gasteiger partial charge in [-0.25, -0.2) is 4.39 Å². The van der Waals surface area contributed by atoms with Crippen LogP contribution in [0, 0.1) is 5.82 Å². The minimum absolute atomic E-state index is 0.150. The number of nitrogens with two attached hydrogens (primary N) is 1. The Hall–Kier alpha value is -0.840. The lowest BCUT2D eigenvalue weighted by Crippen LogP contribution is -2.47. The number of halogens is 3. The summed E-state index contributed by atoms with van der Waals surface area (Å²) in [6, 6.07) is 2.57. The molecule has 0 saturated heterocycles. The number of hydrogen-bond acceptors (Lipinski definition) is 2. The lowest BCUT2D eigenvalue weighted by molar-refractivity contribution is -0.120. The van der Waals surface area contributed by atoms with Crippen molar-refractivity contribution in [1.82, 2.24) is 0 Å². The average Bonchev–Trinajstić information content (AvgIpc) is 2.25. The van der Waals surface area contributed by atoms with Gasteiger partial charge in [-0.05, 0) is 25.5 Å². The molecule has 1 amide bonds. The standard InChI is InChI=1S/C11H13Cl2FN2O/c1-3-11(2,15)10(17)16-6-4-7(12)9(14)8(13)5-6/h4-5H,3,15H2,1-2H3,(H,16,17). The van der Waals surface area contributed by atoms with E-state index in [1.165, 1.54) is 12.1 Å². The van der Waals surface area contributed by atoms with E-state index in [-0.39, 0.29) is 16.0 Å². The fourth-order valence-electron chi connectivity index (χ4n) is 1.06. The zero-order chi connectivity index (χ0) is 13.2. The first kappa shape index (κ1) is 14.2. The van der Waals surface area contributed by atoms with Crippen molar-refractivity contribution in [2.75, 3.05) is 5.32 Å². The Kier molecular flexibility index (Phi) is 4.36. The van der Waals surface area contributed by atoms with E-state index in [9.17, 15) is 9.18 Å². The molecule has 6 heteroatoms. The molecule has 0 fully saturated rings. The topological polar surface area (TPSA) is 55.1 Å². The zero-order valence-corrected chi connectivity index (χ0v) is 11.0. The number of amides is 1. The highest BCUT2D eigenvalue weighted by atomic mass is 35.5. The first-order valence-corrected chi connectivity index (χ1v) is 5.78. The number of nitrogens with one attached hydrogen (secondary N) is 1. The number of benzene rings is 1. The van der Waals surface area contributed by atoms with E-state index in [2.05, 4.69) is 5.32 Å². The maximum absolute atomic E-state index is 13.1. The fourth-order valence-corrected chi connectivity index (χ4v) is 1.55. The smallest absolute Gasteiger partial charge is 0.244 e. The molecule has 0 aliphatic heterocycles. The van der Waals surface area contributed by atoms with E-state index in [0.29, 0.717) is 12.1 Å². The molecule has 0 aromatic heterocycles. The van der Waals surface area contributed by atoms with Crippen molar-refractivity contribution in [3.05, 3.63) is 28.0 Å². The molecule has 0 radical (unpaired) electrons. The highest BCUT2D eigenvalue weighted by Gasteiger charge is 2.26. The van der Waals surface area contributed by atoms with Gasteiger partial charge in [-0.2, -0.15) is 0 Å². The third-order valence-electron chi connectivity index (χ3n) is 2.49. The normalized spacial score (nSPS) is 14.2. The van der Waals surface area contributed by atoms with Gasteiger partial charge in [0.1, 0.15) is 0 Å². The summed E-state index contributed by atoms with van der Waals surface area (Å²) in [5.74, 6) is -1.09. The highest BCUT2D eigenvalue weighted by Crippen LogP contribution is 2.27. The molecule has 94 valence electrons. The molecular formula is C11H13Cl2FN2O. The summed E-state index contributed by atoms with van der Waals surface area (Å²) in [6.07, 6.45) is 0.474. The number of carbonyl (C=O) groups is 1. The molecule has 0 saturated carbocycles. The summed E-state index contributed by atoms with van der Waals surface area (Å²) in [5.41, 5.74) is 5.08. The van der Waals surface area contributed by atoms with Crippen LogP contribution >= 0.6 is 23.2 Å². The molecule has 1 atom stereocenters.